The molecule has 2 N–H and O–H groups in total. The molecule has 4 heteroatoms. The lowest BCUT2D eigenvalue weighted by Gasteiger charge is -2.19. The van der Waals surface area contributed by atoms with Gasteiger partial charge in [0.2, 0.25) is 5.95 Å². The second kappa shape index (κ2) is 4.09. The summed E-state index contributed by atoms with van der Waals surface area (Å²) in [6.45, 7) is 6.55. The predicted molar refractivity (Wildman–Crippen MR) is 71.4 cm³/mol. The number of nitrogen functional groups attached to an aromatic ring is 1. The zero-order valence-electron chi connectivity index (χ0n) is 9.74. The summed E-state index contributed by atoms with van der Waals surface area (Å²) in [6, 6.07) is 6.38. The van der Waals surface area contributed by atoms with Gasteiger partial charge >= 0.3 is 0 Å². The molecule has 0 aliphatic rings. The molecule has 3 nitrogen and oxygen atoms in total. The van der Waals surface area contributed by atoms with Crippen LogP contribution in [0.15, 0.2) is 22.7 Å². The molecule has 1 aromatic carbocycles. The van der Waals surface area contributed by atoms with Gasteiger partial charge in [0, 0.05) is 10.5 Å². The van der Waals surface area contributed by atoms with Crippen LogP contribution in [-0.2, 0) is 0 Å². The molecule has 1 atom stereocenters. The van der Waals surface area contributed by atoms with Crippen LogP contribution in [0.2, 0.25) is 0 Å². The Balaban J connectivity index is 2.67. The predicted octanol–water partition coefficient (Wildman–Crippen LogP) is 3.60. The first kappa shape index (κ1) is 11.5. The highest BCUT2D eigenvalue weighted by Gasteiger charge is 2.16. The fourth-order valence-corrected chi connectivity index (χ4v) is 2.16. The number of anilines is 1. The molecule has 1 unspecified atom stereocenters. The van der Waals surface area contributed by atoms with Crippen LogP contribution < -0.4 is 5.73 Å². The first-order valence-electron chi connectivity index (χ1n) is 5.43. The molecule has 0 radical (unpaired) electrons. The molecular weight excluding hydrogens is 266 g/mol. The Hall–Kier alpha value is -1.03. The Morgan fingerprint density at radius 1 is 1.31 bits per heavy atom. The Morgan fingerprint density at radius 2 is 2.00 bits per heavy atom. The van der Waals surface area contributed by atoms with Gasteiger partial charge in [-0.25, -0.2) is 4.98 Å². The fourth-order valence-electron chi connectivity index (χ4n) is 1.81. The van der Waals surface area contributed by atoms with Gasteiger partial charge in [0.15, 0.2) is 0 Å². The lowest BCUT2D eigenvalue weighted by Crippen LogP contribution is -2.13. The normalized spacial score (nSPS) is 13.6. The standard InChI is InChI=1S/C12H16BrN3/c1-7(2)8(3)16-11-6-9(13)4-5-10(11)15-12(16)14/h4-8H,1-3H3,(H2,14,15). The molecule has 0 fully saturated rings. The highest BCUT2D eigenvalue weighted by atomic mass is 79.9. The molecule has 0 amide bonds. The number of aromatic nitrogens is 2. The highest BCUT2D eigenvalue weighted by molar-refractivity contribution is 9.10. The number of benzene rings is 1. The van der Waals surface area contributed by atoms with Gasteiger partial charge in [-0.2, -0.15) is 0 Å². The van der Waals surface area contributed by atoms with Crippen LogP contribution in [0.4, 0.5) is 5.95 Å². The largest absolute Gasteiger partial charge is 0.369 e. The van der Waals surface area contributed by atoms with Crippen LogP contribution >= 0.6 is 15.9 Å². The Bertz CT molecular complexity index is 516. The molecule has 0 aliphatic carbocycles. The third-order valence-corrected chi connectivity index (χ3v) is 3.54. The molecule has 0 spiro atoms. The minimum Gasteiger partial charge on any atom is -0.369 e. The van der Waals surface area contributed by atoms with Crippen LogP contribution in [0.5, 0.6) is 0 Å². The molecule has 0 bridgehead atoms. The summed E-state index contributed by atoms with van der Waals surface area (Å²) in [6.07, 6.45) is 0. The topological polar surface area (TPSA) is 43.8 Å². The van der Waals surface area contributed by atoms with E-state index in [1.807, 2.05) is 12.1 Å². The quantitative estimate of drug-likeness (QED) is 0.914. The van der Waals surface area contributed by atoms with E-state index in [0.29, 0.717) is 17.9 Å². The molecule has 16 heavy (non-hydrogen) atoms. The van der Waals surface area contributed by atoms with Crippen molar-refractivity contribution in [1.29, 1.82) is 0 Å². The van der Waals surface area contributed by atoms with Crippen molar-refractivity contribution in [3.05, 3.63) is 22.7 Å². The first-order valence-corrected chi connectivity index (χ1v) is 6.23. The van der Waals surface area contributed by atoms with Crippen molar-refractivity contribution in [2.24, 2.45) is 5.92 Å². The molecule has 1 aromatic heterocycles. The third-order valence-electron chi connectivity index (χ3n) is 3.05. The summed E-state index contributed by atoms with van der Waals surface area (Å²) >= 11 is 3.48. The summed E-state index contributed by atoms with van der Waals surface area (Å²) < 4.78 is 3.15. The van der Waals surface area contributed by atoms with Crippen LogP contribution in [0.25, 0.3) is 11.0 Å². The smallest absolute Gasteiger partial charge is 0.201 e. The van der Waals surface area contributed by atoms with Crippen molar-refractivity contribution in [2.75, 3.05) is 5.73 Å². The van der Waals surface area contributed by atoms with Gasteiger partial charge in [-0.05, 0) is 31.0 Å². The van der Waals surface area contributed by atoms with E-state index in [2.05, 4.69) is 52.3 Å². The monoisotopic (exact) mass is 281 g/mol. The minimum atomic E-state index is 0.347. The maximum atomic E-state index is 5.98. The maximum absolute atomic E-state index is 5.98. The lowest BCUT2D eigenvalue weighted by atomic mass is 10.1. The van der Waals surface area contributed by atoms with Crippen LogP contribution in [0, 0.1) is 5.92 Å². The van der Waals surface area contributed by atoms with E-state index in [1.165, 1.54) is 0 Å². The van der Waals surface area contributed by atoms with E-state index in [1.54, 1.807) is 0 Å². The zero-order valence-corrected chi connectivity index (χ0v) is 11.3. The number of nitrogens with zero attached hydrogens (tertiary/aromatic N) is 2. The number of imidazole rings is 1. The van der Waals surface area contributed by atoms with E-state index in [4.69, 9.17) is 5.73 Å². The van der Waals surface area contributed by atoms with Gasteiger partial charge in [0.25, 0.3) is 0 Å². The van der Waals surface area contributed by atoms with Crippen molar-refractivity contribution in [1.82, 2.24) is 9.55 Å². The van der Waals surface area contributed by atoms with Crippen LogP contribution in [0.3, 0.4) is 0 Å². The Morgan fingerprint density at radius 3 is 2.62 bits per heavy atom. The van der Waals surface area contributed by atoms with Crippen molar-refractivity contribution in [2.45, 2.75) is 26.8 Å². The van der Waals surface area contributed by atoms with Crippen molar-refractivity contribution < 1.29 is 0 Å². The first-order chi connectivity index (χ1) is 7.50. The molecule has 1 heterocycles. The molecular formula is C12H16BrN3. The average Bonchev–Trinajstić information content (AvgIpc) is 2.52. The molecule has 0 saturated carbocycles. The van der Waals surface area contributed by atoms with Crippen molar-refractivity contribution in [3.8, 4) is 0 Å². The molecule has 0 saturated heterocycles. The van der Waals surface area contributed by atoms with Gasteiger partial charge in [-0.15, -0.1) is 0 Å². The lowest BCUT2D eigenvalue weighted by molar-refractivity contribution is 0.421. The second-order valence-corrected chi connectivity index (χ2v) is 5.37. The Labute approximate surface area is 104 Å². The zero-order chi connectivity index (χ0) is 11.9. The minimum absolute atomic E-state index is 0.347. The molecule has 86 valence electrons. The SMILES string of the molecule is CC(C)C(C)n1c(N)nc2ccc(Br)cc21. The second-order valence-electron chi connectivity index (χ2n) is 4.46. The summed E-state index contributed by atoms with van der Waals surface area (Å²) in [4.78, 5) is 4.38. The fraction of sp³-hybridized carbons (Fsp3) is 0.417. The van der Waals surface area contributed by atoms with E-state index >= 15 is 0 Å². The summed E-state index contributed by atoms with van der Waals surface area (Å²) in [5, 5.41) is 0. The molecule has 0 aliphatic heterocycles. The van der Waals surface area contributed by atoms with E-state index in [0.717, 1.165) is 15.5 Å². The highest BCUT2D eigenvalue weighted by Crippen LogP contribution is 2.28. The van der Waals surface area contributed by atoms with Crippen LogP contribution in [-0.4, -0.2) is 9.55 Å². The maximum Gasteiger partial charge on any atom is 0.201 e. The number of hydrogen-bond donors (Lipinski definition) is 1. The van der Waals surface area contributed by atoms with E-state index < -0.39 is 0 Å². The van der Waals surface area contributed by atoms with E-state index in [9.17, 15) is 0 Å². The Kier molecular flexibility index (Phi) is 2.93. The van der Waals surface area contributed by atoms with Crippen molar-refractivity contribution in [3.63, 3.8) is 0 Å². The van der Waals surface area contributed by atoms with Gasteiger partial charge in [0.05, 0.1) is 11.0 Å². The van der Waals surface area contributed by atoms with Crippen molar-refractivity contribution >= 4 is 32.9 Å². The van der Waals surface area contributed by atoms with Gasteiger partial charge in [-0.3, -0.25) is 0 Å². The van der Waals surface area contributed by atoms with Gasteiger partial charge in [-0.1, -0.05) is 29.8 Å². The van der Waals surface area contributed by atoms with Gasteiger partial charge in [0.1, 0.15) is 0 Å². The summed E-state index contributed by atoms with van der Waals surface area (Å²) in [7, 11) is 0. The number of hydrogen-bond acceptors (Lipinski definition) is 2. The van der Waals surface area contributed by atoms with E-state index in [-0.39, 0.29) is 0 Å². The third kappa shape index (κ3) is 1.82. The molecule has 2 aromatic rings. The number of fused-ring (bicyclic) bond motifs is 1. The summed E-state index contributed by atoms with van der Waals surface area (Å²) in [5.74, 6) is 1.12. The number of rotatable bonds is 2. The number of halogens is 1. The average molecular weight is 282 g/mol. The van der Waals surface area contributed by atoms with Crippen LogP contribution in [0.1, 0.15) is 26.8 Å². The summed E-state index contributed by atoms with van der Waals surface area (Å²) in [5.41, 5.74) is 8.02. The number of nitrogens with two attached hydrogens (primary N) is 1. The van der Waals surface area contributed by atoms with Gasteiger partial charge < -0.3 is 10.3 Å². The molecule has 2 rings (SSSR count).